The lowest BCUT2D eigenvalue weighted by Gasteiger charge is -2.01. The highest BCUT2D eigenvalue weighted by Crippen LogP contribution is 2.20. The van der Waals surface area contributed by atoms with Crippen molar-refractivity contribution in [2.24, 2.45) is 7.05 Å². The van der Waals surface area contributed by atoms with E-state index in [0.29, 0.717) is 10.8 Å². The van der Waals surface area contributed by atoms with Crippen LogP contribution in [0.25, 0.3) is 0 Å². The van der Waals surface area contributed by atoms with Gasteiger partial charge in [0.05, 0.1) is 5.69 Å². The van der Waals surface area contributed by atoms with Crippen LogP contribution in [0.4, 0.5) is 0 Å². The van der Waals surface area contributed by atoms with Gasteiger partial charge in [-0.25, -0.2) is 0 Å². The Bertz CT molecular complexity index is 604. The van der Waals surface area contributed by atoms with Gasteiger partial charge in [0.25, 0.3) is 0 Å². The summed E-state index contributed by atoms with van der Waals surface area (Å²) in [5.41, 5.74) is 3.03. The van der Waals surface area contributed by atoms with Gasteiger partial charge in [-0.2, -0.15) is 5.10 Å². The quantitative estimate of drug-likeness (QED) is 0.800. The monoisotopic (exact) mass is 263 g/mol. The maximum absolute atomic E-state index is 12.1. The van der Waals surface area contributed by atoms with Gasteiger partial charge in [0.1, 0.15) is 10.8 Å². The van der Waals surface area contributed by atoms with E-state index in [4.69, 9.17) is 11.6 Å². The summed E-state index contributed by atoms with van der Waals surface area (Å²) in [5.74, 6) is -0.0447. The Hall–Kier alpha value is -1.68. The number of Topliss-reactive ketones (excluding diaryl/α,β-unsaturated/α-hetero) is 1. The number of rotatable bonds is 3. The number of carbonyl (C=O) groups excluding carboxylic acids is 1. The zero-order chi connectivity index (χ0) is 13.3. The molecule has 0 saturated heterocycles. The molecule has 2 aromatic heterocycles. The number of aromatic nitrogens is 3. The summed E-state index contributed by atoms with van der Waals surface area (Å²) >= 11 is 6.10. The Morgan fingerprint density at radius 3 is 2.72 bits per heavy atom. The van der Waals surface area contributed by atoms with E-state index in [1.165, 1.54) is 0 Å². The van der Waals surface area contributed by atoms with Gasteiger partial charge in [-0.3, -0.25) is 14.5 Å². The second-order valence-corrected chi connectivity index (χ2v) is 4.65. The van der Waals surface area contributed by atoms with Gasteiger partial charge in [-0.1, -0.05) is 11.6 Å². The van der Waals surface area contributed by atoms with E-state index < -0.39 is 0 Å². The molecule has 0 aliphatic carbocycles. The van der Waals surface area contributed by atoms with E-state index in [1.807, 2.05) is 19.9 Å². The fraction of sp³-hybridized carbons (Fsp3) is 0.308. The van der Waals surface area contributed by atoms with Gasteiger partial charge >= 0.3 is 0 Å². The average molecular weight is 264 g/mol. The second-order valence-electron chi connectivity index (χ2n) is 4.30. The summed E-state index contributed by atoms with van der Waals surface area (Å²) in [6.45, 7) is 3.78. The van der Waals surface area contributed by atoms with Gasteiger partial charge in [-0.15, -0.1) is 0 Å². The molecule has 0 atom stereocenters. The molecule has 0 N–H and O–H groups in total. The number of pyridine rings is 1. The van der Waals surface area contributed by atoms with Crippen molar-refractivity contribution < 1.29 is 4.79 Å². The molecule has 0 aromatic carbocycles. The maximum Gasteiger partial charge on any atom is 0.185 e. The van der Waals surface area contributed by atoms with Crippen molar-refractivity contribution in [3.63, 3.8) is 0 Å². The molecule has 2 aromatic rings. The van der Waals surface area contributed by atoms with E-state index in [0.717, 1.165) is 16.8 Å². The smallest absolute Gasteiger partial charge is 0.185 e. The van der Waals surface area contributed by atoms with Crippen LogP contribution in [-0.2, 0) is 13.5 Å². The van der Waals surface area contributed by atoms with Crippen LogP contribution in [0.3, 0.4) is 0 Å². The standard InChI is InChI=1S/C13H14ClN3O/c1-8-4-5-15-11(6-8)12(18)7-10-9(2)16-17(3)13(10)14/h4-6H,7H2,1-3H3. The van der Waals surface area contributed by atoms with E-state index in [-0.39, 0.29) is 12.2 Å². The minimum absolute atomic E-state index is 0.0447. The first kappa shape index (κ1) is 12.8. The zero-order valence-corrected chi connectivity index (χ0v) is 11.3. The minimum atomic E-state index is -0.0447. The molecule has 0 amide bonds. The van der Waals surface area contributed by atoms with E-state index in [9.17, 15) is 4.79 Å². The van der Waals surface area contributed by atoms with Crippen molar-refractivity contribution in [3.05, 3.63) is 46.0 Å². The summed E-state index contributed by atoms with van der Waals surface area (Å²) in [6, 6.07) is 3.64. The summed E-state index contributed by atoms with van der Waals surface area (Å²) in [6.07, 6.45) is 1.87. The van der Waals surface area contributed by atoms with Crippen molar-refractivity contribution in [3.8, 4) is 0 Å². The number of aryl methyl sites for hydroxylation is 3. The van der Waals surface area contributed by atoms with Gasteiger partial charge in [-0.05, 0) is 31.5 Å². The molecular formula is C13H14ClN3O. The van der Waals surface area contributed by atoms with Crippen molar-refractivity contribution in [1.82, 2.24) is 14.8 Å². The second kappa shape index (κ2) is 4.90. The van der Waals surface area contributed by atoms with Gasteiger partial charge in [0, 0.05) is 25.2 Å². The average Bonchev–Trinajstić information content (AvgIpc) is 2.56. The molecule has 5 heteroatoms. The molecule has 0 bridgehead atoms. The van der Waals surface area contributed by atoms with Crippen LogP contribution in [0.5, 0.6) is 0 Å². The normalized spacial score (nSPS) is 10.7. The van der Waals surface area contributed by atoms with E-state index >= 15 is 0 Å². The minimum Gasteiger partial charge on any atom is -0.292 e. The molecule has 0 aliphatic heterocycles. The van der Waals surface area contributed by atoms with E-state index in [1.54, 1.807) is 24.0 Å². The highest BCUT2D eigenvalue weighted by molar-refractivity contribution is 6.30. The largest absolute Gasteiger partial charge is 0.292 e. The molecule has 4 nitrogen and oxygen atoms in total. The number of hydrogen-bond donors (Lipinski definition) is 0. The first-order valence-corrected chi connectivity index (χ1v) is 6.00. The number of nitrogens with zero attached hydrogens (tertiary/aromatic N) is 3. The van der Waals surface area contributed by atoms with Crippen LogP contribution >= 0.6 is 11.6 Å². The lowest BCUT2D eigenvalue weighted by atomic mass is 10.1. The molecular weight excluding hydrogens is 250 g/mol. The lowest BCUT2D eigenvalue weighted by molar-refractivity contribution is 0.0988. The Kier molecular flexibility index (Phi) is 3.48. The Balaban J connectivity index is 2.27. The van der Waals surface area contributed by atoms with Gasteiger partial charge < -0.3 is 0 Å². The third kappa shape index (κ3) is 2.43. The molecule has 0 fully saturated rings. The third-order valence-corrected chi connectivity index (χ3v) is 3.28. The van der Waals surface area contributed by atoms with Crippen molar-refractivity contribution in [1.29, 1.82) is 0 Å². The fourth-order valence-electron chi connectivity index (χ4n) is 1.81. The number of hydrogen-bond acceptors (Lipinski definition) is 3. The van der Waals surface area contributed by atoms with Crippen LogP contribution in [0.15, 0.2) is 18.3 Å². The molecule has 0 radical (unpaired) electrons. The first-order valence-electron chi connectivity index (χ1n) is 5.63. The summed E-state index contributed by atoms with van der Waals surface area (Å²) in [5, 5.41) is 4.69. The highest BCUT2D eigenvalue weighted by Gasteiger charge is 2.16. The third-order valence-electron chi connectivity index (χ3n) is 2.81. The van der Waals surface area contributed by atoms with Crippen LogP contribution < -0.4 is 0 Å². The van der Waals surface area contributed by atoms with Crippen LogP contribution in [-0.4, -0.2) is 20.5 Å². The van der Waals surface area contributed by atoms with Crippen LogP contribution in [0, 0.1) is 13.8 Å². The topological polar surface area (TPSA) is 47.8 Å². The molecule has 94 valence electrons. The summed E-state index contributed by atoms with van der Waals surface area (Å²) in [7, 11) is 1.76. The van der Waals surface area contributed by atoms with Crippen molar-refractivity contribution >= 4 is 17.4 Å². The Morgan fingerprint density at radius 2 is 2.17 bits per heavy atom. The fourth-order valence-corrected chi connectivity index (χ4v) is 2.06. The molecule has 0 saturated carbocycles. The molecule has 2 heterocycles. The molecule has 18 heavy (non-hydrogen) atoms. The molecule has 0 spiro atoms. The first-order chi connectivity index (χ1) is 8.49. The SMILES string of the molecule is Cc1ccnc(C(=O)Cc2c(C)nn(C)c2Cl)c1. The van der Waals surface area contributed by atoms with Crippen LogP contribution in [0.2, 0.25) is 5.15 Å². The van der Waals surface area contributed by atoms with Crippen LogP contribution in [0.1, 0.15) is 27.3 Å². The predicted octanol–water partition coefficient (Wildman–Crippen LogP) is 2.51. The Labute approximate surface area is 111 Å². The number of carbonyl (C=O) groups is 1. The maximum atomic E-state index is 12.1. The highest BCUT2D eigenvalue weighted by atomic mass is 35.5. The zero-order valence-electron chi connectivity index (χ0n) is 10.6. The summed E-state index contributed by atoms with van der Waals surface area (Å²) in [4.78, 5) is 16.2. The van der Waals surface area contributed by atoms with Crippen molar-refractivity contribution in [2.75, 3.05) is 0 Å². The number of halogens is 1. The predicted molar refractivity (Wildman–Crippen MR) is 70.0 cm³/mol. The lowest BCUT2D eigenvalue weighted by Crippen LogP contribution is -2.07. The van der Waals surface area contributed by atoms with Gasteiger partial charge in [0.2, 0.25) is 0 Å². The number of ketones is 1. The molecule has 2 rings (SSSR count). The molecule has 0 aliphatic rings. The van der Waals surface area contributed by atoms with Crippen molar-refractivity contribution in [2.45, 2.75) is 20.3 Å². The van der Waals surface area contributed by atoms with Gasteiger partial charge in [0.15, 0.2) is 5.78 Å². The molecule has 0 unspecified atom stereocenters. The van der Waals surface area contributed by atoms with E-state index in [2.05, 4.69) is 10.1 Å². The summed E-state index contributed by atoms with van der Waals surface area (Å²) < 4.78 is 1.57. The Morgan fingerprint density at radius 1 is 1.44 bits per heavy atom.